The molecule has 3 heteroatoms. The summed E-state index contributed by atoms with van der Waals surface area (Å²) in [4.78, 5) is 0. The number of benzene rings is 1. The molecule has 0 aliphatic carbocycles. The van der Waals surface area contributed by atoms with Crippen molar-refractivity contribution in [2.45, 2.75) is 26.2 Å². The van der Waals surface area contributed by atoms with Gasteiger partial charge in [0, 0.05) is 0 Å². The number of hydrogen-bond donors (Lipinski definition) is 0. The second-order valence-corrected chi connectivity index (χ2v) is 5.68. The first-order valence-corrected chi connectivity index (χ1v) is 6.67. The minimum atomic E-state index is -0.153. The maximum atomic E-state index is 9.50. The average Bonchev–Trinajstić information content (AvgIpc) is 2.32. The predicted octanol–water partition coefficient (Wildman–Crippen LogP) is 3.07. The van der Waals surface area contributed by atoms with E-state index in [1.807, 2.05) is 13.0 Å². The van der Waals surface area contributed by atoms with Crippen molar-refractivity contribution < 1.29 is 9.47 Å². The molecule has 0 amide bonds. The summed E-state index contributed by atoms with van der Waals surface area (Å²) in [5, 5.41) is 9.50. The van der Waals surface area contributed by atoms with Crippen LogP contribution in [0.4, 0.5) is 0 Å². The first-order valence-electron chi connectivity index (χ1n) is 6.67. The number of hydrogen-bond acceptors (Lipinski definition) is 3. The number of aryl methyl sites for hydroxylation is 1. The van der Waals surface area contributed by atoms with Gasteiger partial charge in [0.25, 0.3) is 0 Å². The smallest absolute Gasteiger partial charge is 0.121 e. The van der Waals surface area contributed by atoms with E-state index < -0.39 is 0 Å². The number of nitrogens with zero attached hydrogens (tertiary/aromatic N) is 1. The van der Waals surface area contributed by atoms with Gasteiger partial charge in [0.1, 0.15) is 5.75 Å². The van der Waals surface area contributed by atoms with Gasteiger partial charge in [-0.05, 0) is 30.0 Å². The molecule has 1 fully saturated rings. The molecule has 0 bridgehead atoms. The Morgan fingerprint density at radius 1 is 1.37 bits per heavy atom. The molecule has 0 aromatic heterocycles. The van der Waals surface area contributed by atoms with Crippen LogP contribution in [0, 0.1) is 30.1 Å². The standard InChI is InChI=1S/C16H21NO2/c1-11(2)14(8-17)16(9-19-10-16)13-5-6-15(18-4)12(3)7-13/h5-7,11,14H,9-10H2,1-4H3. The molecule has 1 atom stereocenters. The van der Waals surface area contributed by atoms with Crippen LogP contribution < -0.4 is 4.74 Å². The van der Waals surface area contributed by atoms with Crippen molar-refractivity contribution in [3.63, 3.8) is 0 Å². The summed E-state index contributed by atoms with van der Waals surface area (Å²) in [6.07, 6.45) is 0. The lowest BCUT2D eigenvalue weighted by molar-refractivity contribution is -0.0877. The van der Waals surface area contributed by atoms with Crippen molar-refractivity contribution in [2.24, 2.45) is 11.8 Å². The molecular weight excluding hydrogens is 238 g/mol. The third kappa shape index (κ3) is 2.21. The van der Waals surface area contributed by atoms with E-state index in [0.29, 0.717) is 19.1 Å². The highest BCUT2D eigenvalue weighted by atomic mass is 16.5. The van der Waals surface area contributed by atoms with Gasteiger partial charge in [-0.15, -0.1) is 0 Å². The molecule has 0 saturated carbocycles. The quantitative estimate of drug-likeness (QED) is 0.834. The van der Waals surface area contributed by atoms with Gasteiger partial charge in [-0.25, -0.2) is 0 Å². The number of rotatable bonds is 4. The van der Waals surface area contributed by atoms with Crippen LogP contribution in [0.1, 0.15) is 25.0 Å². The molecule has 0 N–H and O–H groups in total. The third-order valence-corrected chi connectivity index (χ3v) is 4.09. The summed E-state index contributed by atoms with van der Waals surface area (Å²) >= 11 is 0. The van der Waals surface area contributed by atoms with Crippen molar-refractivity contribution in [2.75, 3.05) is 20.3 Å². The van der Waals surface area contributed by atoms with E-state index in [4.69, 9.17) is 9.47 Å². The lowest BCUT2D eigenvalue weighted by Gasteiger charge is -2.46. The molecule has 3 nitrogen and oxygen atoms in total. The zero-order valence-corrected chi connectivity index (χ0v) is 12.1. The summed E-state index contributed by atoms with van der Waals surface area (Å²) in [6, 6.07) is 8.67. The van der Waals surface area contributed by atoms with Crippen molar-refractivity contribution in [3.8, 4) is 11.8 Å². The van der Waals surface area contributed by atoms with Gasteiger partial charge in [0.15, 0.2) is 0 Å². The Balaban J connectivity index is 2.42. The molecule has 102 valence electrons. The highest BCUT2D eigenvalue weighted by molar-refractivity contribution is 5.41. The zero-order valence-electron chi connectivity index (χ0n) is 12.1. The average molecular weight is 259 g/mol. The molecule has 1 heterocycles. The fourth-order valence-electron chi connectivity index (χ4n) is 2.95. The second kappa shape index (κ2) is 5.22. The molecule has 0 spiro atoms. The van der Waals surface area contributed by atoms with E-state index in [-0.39, 0.29) is 11.3 Å². The Morgan fingerprint density at radius 3 is 2.42 bits per heavy atom. The Bertz CT molecular complexity index is 498. The van der Waals surface area contributed by atoms with Crippen LogP contribution in [0.5, 0.6) is 5.75 Å². The number of nitriles is 1. The SMILES string of the molecule is COc1ccc(C2(C(C#N)C(C)C)COC2)cc1C. The Kier molecular flexibility index (Phi) is 3.82. The lowest BCUT2D eigenvalue weighted by atomic mass is 9.65. The van der Waals surface area contributed by atoms with E-state index in [2.05, 4.69) is 32.0 Å². The van der Waals surface area contributed by atoms with E-state index in [9.17, 15) is 5.26 Å². The molecule has 2 rings (SSSR count). The minimum absolute atomic E-state index is 0.0194. The van der Waals surface area contributed by atoms with Gasteiger partial charge in [-0.3, -0.25) is 0 Å². The number of ether oxygens (including phenoxy) is 2. The summed E-state index contributed by atoms with van der Waals surface area (Å²) in [5.41, 5.74) is 2.14. The molecule has 0 radical (unpaired) electrons. The highest BCUT2D eigenvalue weighted by Gasteiger charge is 2.48. The molecule has 19 heavy (non-hydrogen) atoms. The molecule has 1 aliphatic rings. The van der Waals surface area contributed by atoms with E-state index >= 15 is 0 Å². The summed E-state index contributed by atoms with van der Waals surface area (Å²) in [5.74, 6) is 1.18. The van der Waals surface area contributed by atoms with Crippen molar-refractivity contribution in [3.05, 3.63) is 29.3 Å². The lowest BCUT2D eigenvalue weighted by Crippen LogP contribution is -2.53. The van der Waals surface area contributed by atoms with Crippen molar-refractivity contribution in [1.29, 1.82) is 5.26 Å². The first-order chi connectivity index (χ1) is 9.05. The van der Waals surface area contributed by atoms with Crippen LogP contribution in [0.15, 0.2) is 18.2 Å². The third-order valence-electron chi connectivity index (χ3n) is 4.09. The van der Waals surface area contributed by atoms with Gasteiger partial charge < -0.3 is 9.47 Å². The minimum Gasteiger partial charge on any atom is -0.496 e. The van der Waals surface area contributed by atoms with Crippen LogP contribution in [0.25, 0.3) is 0 Å². The largest absolute Gasteiger partial charge is 0.496 e. The Labute approximate surface area is 115 Å². The molecular formula is C16H21NO2. The molecule has 1 saturated heterocycles. The topological polar surface area (TPSA) is 42.2 Å². The normalized spacial score (nSPS) is 18.5. The van der Waals surface area contributed by atoms with Gasteiger partial charge in [-0.1, -0.05) is 26.0 Å². The van der Waals surface area contributed by atoms with Gasteiger partial charge >= 0.3 is 0 Å². The maximum absolute atomic E-state index is 9.50. The molecule has 1 aromatic carbocycles. The Morgan fingerprint density at radius 2 is 2.05 bits per heavy atom. The summed E-state index contributed by atoms with van der Waals surface area (Å²) in [6.45, 7) is 7.51. The predicted molar refractivity (Wildman–Crippen MR) is 74.2 cm³/mol. The monoisotopic (exact) mass is 259 g/mol. The van der Waals surface area contributed by atoms with Crippen molar-refractivity contribution in [1.82, 2.24) is 0 Å². The zero-order chi connectivity index (χ0) is 14.0. The summed E-state index contributed by atoms with van der Waals surface area (Å²) in [7, 11) is 1.68. The van der Waals surface area contributed by atoms with Crippen LogP contribution in [0.2, 0.25) is 0 Å². The van der Waals surface area contributed by atoms with Gasteiger partial charge in [-0.2, -0.15) is 5.26 Å². The van der Waals surface area contributed by atoms with Gasteiger partial charge in [0.2, 0.25) is 0 Å². The Hall–Kier alpha value is -1.53. The molecule has 1 unspecified atom stereocenters. The van der Waals surface area contributed by atoms with Crippen LogP contribution in [0.3, 0.4) is 0 Å². The van der Waals surface area contributed by atoms with E-state index in [0.717, 1.165) is 11.3 Å². The van der Waals surface area contributed by atoms with Crippen LogP contribution in [-0.4, -0.2) is 20.3 Å². The molecule has 1 aliphatic heterocycles. The fraction of sp³-hybridized carbons (Fsp3) is 0.562. The van der Waals surface area contributed by atoms with Crippen molar-refractivity contribution >= 4 is 0 Å². The number of methoxy groups -OCH3 is 1. The van der Waals surface area contributed by atoms with Crippen LogP contribution >= 0.6 is 0 Å². The second-order valence-electron chi connectivity index (χ2n) is 5.68. The van der Waals surface area contributed by atoms with E-state index in [1.54, 1.807) is 7.11 Å². The van der Waals surface area contributed by atoms with Crippen LogP contribution in [-0.2, 0) is 10.2 Å². The molecule has 1 aromatic rings. The first kappa shape index (κ1) is 13.9. The van der Waals surface area contributed by atoms with Gasteiger partial charge in [0.05, 0.1) is 37.7 Å². The maximum Gasteiger partial charge on any atom is 0.121 e. The highest BCUT2D eigenvalue weighted by Crippen LogP contribution is 2.43. The summed E-state index contributed by atoms with van der Waals surface area (Å²) < 4.78 is 10.7. The fourth-order valence-corrected chi connectivity index (χ4v) is 2.95. The van der Waals surface area contributed by atoms with E-state index in [1.165, 1.54) is 5.56 Å².